The largest absolute Gasteiger partial charge is 0.490 e. The SMILES string of the molecule is CC(C)(O)CO[C@H]1COc2cc(F)ccc2[C@@H]1N. The Morgan fingerprint density at radius 2 is 2.28 bits per heavy atom. The first-order valence-corrected chi connectivity index (χ1v) is 5.88. The molecule has 0 saturated carbocycles. The molecule has 5 heteroatoms. The van der Waals surface area contributed by atoms with E-state index in [2.05, 4.69) is 0 Å². The quantitative estimate of drug-likeness (QED) is 0.856. The van der Waals surface area contributed by atoms with Gasteiger partial charge in [0.25, 0.3) is 0 Å². The van der Waals surface area contributed by atoms with Crippen LogP contribution in [0.3, 0.4) is 0 Å². The third-order valence-electron chi connectivity index (χ3n) is 2.79. The lowest BCUT2D eigenvalue weighted by Gasteiger charge is -2.32. The number of benzene rings is 1. The van der Waals surface area contributed by atoms with Crippen molar-refractivity contribution in [1.82, 2.24) is 0 Å². The van der Waals surface area contributed by atoms with Crippen LogP contribution in [0, 0.1) is 5.82 Å². The highest BCUT2D eigenvalue weighted by Gasteiger charge is 2.30. The first kappa shape index (κ1) is 13.3. The van der Waals surface area contributed by atoms with Crippen LogP contribution in [0.5, 0.6) is 5.75 Å². The van der Waals surface area contributed by atoms with Gasteiger partial charge < -0.3 is 20.3 Å². The fourth-order valence-electron chi connectivity index (χ4n) is 1.85. The summed E-state index contributed by atoms with van der Waals surface area (Å²) in [7, 11) is 0. The maximum atomic E-state index is 13.0. The molecule has 0 radical (unpaired) electrons. The molecule has 0 spiro atoms. The molecule has 0 saturated heterocycles. The van der Waals surface area contributed by atoms with E-state index in [1.165, 1.54) is 12.1 Å². The van der Waals surface area contributed by atoms with Gasteiger partial charge in [0.2, 0.25) is 0 Å². The molecule has 100 valence electrons. The summed E-state index contributed by atoms with van der Waals surface area (Å²) in [6, 6.07) is 3.90. The predicted molar refractivity (Wildman–Crippen MR) is 64.9 cm³/mol. The summed E-state index contributed by atoms with van der Waals surface area (Å²) in [6.07, 6.45) is -0.339. The number of aliphatic hydroxyl groups is 1. The molecule has 0 aromatic heterocycles. The van der Waals surface area contributed by atoms with Gasteiger partial charge in [0.1, 0.15) is 24.3 Å². The third-order valence-corrected chi connectivity index (χ3v) is 2.79. The zero-order valence-corrected chi connectivity index (χ0v) is 10.5. The van der Waals surface area contributed by atoms with Crippen LogP contribution in [0.2, 0.25) is 0 Å². The van der Waals surface area contributed by atoms with Gasteiger partial charge >= 0.3 is 0 Å². The number of ether oxygens (including phenoxy) is 2. The van der Waals surface area contributed by atoms with Crippen molar-refractivity contribution in [3.8, 4) is 5.75 Å². The van der Waals surface area contributed by atoms with Crippen LogP contribution in [-0.2, 0) is 4.74 Å². The number of fused-ring (bicyclic) bond motifs is 1. The minimum Gasteiger partial charge on any atom is -0.490 e. The molecule has 18 heavy (non-hydrogen) atoms. The third kappa shape index (κ3) is 2.98. The van der Waals surface area contributed by atoms with E-state index in [9.17, 15) is 9.50 Å². The lowest BCUT2D eigenvalue weighted by molar-refractivity contribution is -0.0769. The summed E-state index contributed by atoms with van der Waals surface area (Å²) < 4.78 is 24.0. The van der Waals surface area contributed by atoms with Gasteiger partial charge in [-0.25, -0.2) is 4.39 Å². The van der Waals surface area contributed by atoms with Crippen molar-refractivity contribution in [2.24, 2.45) is 5.73 Å². The highest BCUT2D eigenvalue weighted by Crippen LogP contribution is 2.32. The maximum Gasteiger partial charge on any atom is 0.127 e. The van der Waals surface area contributed by atoms with Crippen LogP contribution in [0.4, 0.5) is 4.39 Å². The molecule has 2 atom stereocenters. The van der Waals surface area contributed by atoms with Crippen molar-refractivity contribution in [2.75, 3.05) is 13.2 Å². The molecule has 1 aliphatic heterocycles. The van der Waals surface area contributed by atoms with E-state index in [0.717, 1.165) is 5.56 Å². The number of rotatable bonds is 3. The summed E-state index contributed by atoms with van der Waals surface area (Å²) >= 11 is 0. The number of hydrogen-bond acceptors (Lipinski definition) is 4. The second kappa shape index (κ2) is 4.84. The molecule has 0 unspecified atom stereocenters. The number of halogens is 1. The predicted octanol–water partition coefficient (Wildman–Crippen LogP) is 1.37. The second-order valence-corrected chi connectivity index (χ2v) is 5.18. The minimum absolute atomic E-state index is 0.172. The Morgan fingerprint density at radius 3 is 2.94 bits per heavy atom. The lowest BCUT2D eigenvalue weighted by atomic mass is 9.99. The first-order valence-electron chi connectivity index (χ1n) is 5.88. The zero-order valence-electron chi connectivity index (χ0n) is 10.5. The normalized spacial score (nSPS) is 23.4. The topological polar surface area (TPSA) is 64.7 Å². The highest BCUT2D eigenvalue weighted by molar-refractivity contribution is 5.38. The maximum absolute atomic E-state index is 13.0. The van der Waals surface area contributed by atoms with Gasteiger partial charge in [0, 0.05) is 11.6 Å². The average molecular weight is 255 g/mol. The first-order chi connectivity index (χ1) is 8.37. The van der Waals surface area contributed by atoms with Crippen molar-refractivity contribution in [3.05, 3.63) is 29.6 Å². The van der Waals surface area contributed by atoms with Crippen LogP contribution >= 0.6 is 0 Å². The van der Waals surface area contributed by atoms with E-state index in [1.807, 2.05) is 0 Å². The Bertz CT molecular complexity index is 431. The molecule has 3 N–H and O–H groups in total. The van der Waals surface area contributed by atoms with Gasteiger partial charge in [0.05, 0.1) is 18.2 Å². The van der Waals surface area contributed by atoms with Gasteiger partial charge in [-0.1, -0.05) is 6.07 Å². The van der Waals surface area contributed by atoms with Crippen molar-refractivity contribution in [2.45, 2.75) is 31.6 Å². The van der Waals surface area contributed by atoms with Gasteiger partial charge in [-0.05, 0) is 19.9 Å². The van der Waals surface area contributed by atoms with Crippen molar-refractivity contribution < 1.29 is 19.0 Å². The highest BCUT2D eigenvalue weighted by atomic mass is 19.1. The molecule has 1 heterocycles. The summed E-state index contributed by atoms with van der Waals surface area (Å²) in [5.41, 5.74) is 5.87. The Kier molecular flexibility index (Phi) is 3.56. The molecule has 1 aromatic rings. The van der Waals surface area contributed by atoms with E-state index >= 15 is 0 Å². The average Bonchev–Trinajstić information content (AvgIpc) is 2.26. The monoisotopic (exact) mass is 255 g/mol. The number of hydrogen-bond donors (Lipinski definition) is 2. The molecule has 1 aromatic carbocycles. The Labute approximate surface area is 106 Å². The molecule has 0 amide bonds. The Hall–Kier alpha value is -1.17. The molecular weight excluding hydrogens is 237 g/mol. The fraction of sp³-hybridized carbons (Fsp3) is 0.538. The standard InChI is InChI=1S/C13H18FNO3/c1-13(2,16)7-18-11-6-17-10-5-8(14)3-4-9(10)12(11)15/h3-5,11-12,16H,6-7,15H2,1-2H3/t11-,12-/m0/s1. The summed E-state index contributed by atoms with van der Waals surface area (Å²) in [6.45, 7) is 3.75. The molecule has 1 aliphatic rings. The summed E-state index contributed by atoms with van der Waals surface area (Å²) in [5.74, 6) is 0.113. The van der Waals surface area contributed by atoms with E-state index in [-0.39, 0.29) is 31.2 Å². The van der Waals surface area contributed by atoms with E-state index in [0.29, 0.717) is 5.75 Å². The summed E-state index contributed by atoms with van der Waals surface area (Å²) in [4.78, 5) is 0. The number of nitrogens with two attached hydrogens (primary N) is 1. The van der Waals surface area contributed by atoms with Gasteiger partial charge in [-0.3, -0.25) is 0 Å². The van der Waals surface area contributed by atoms with Crippen LogP contribution in [0.15, 0.2) is 18.2 Å². The van der Waals surface area contributed by atoms with E-state index < -0.39 is 5.60 Å². The lowest BCUT2D eigenvalue weighted by Crippen LogP contribution is -2.41. The smallest absolute Gasteiger partial charge is 0.127 e. The van der Waals surface area contributed by atoms with Crippen LogP contribution in [0.25, 0.3) is 0 Å². The van der Waals surface area contributed by atoms with Crippen LogP contribution in [-0.4, -0.2) is 30.0 Å². The van der Waals surface area contributed by atoms with Crippen molar-refractivity contribution in [1.29, 1.82) is 0 Å². The van der Waals surface area contributed by atoms with E-state index in [1.54, 1.807) is 19.9 Å². The Morgan fingerprint density at radius 1 is 1.56 bits per heavy atom. The zero-order chi connectivity index (χ0) is 13.3. The van der Waals surface area contributed by atoms with Gasteiger partial charge in [-0.2, -0.15) is 0 Å². The molecule has 0 bridgehead atoms. The Balaban J connectivity index is 2.08. The molecule has 4 nitrogen and oxygen atoms in total. The van der Waals surface area contributed by atoms with Crippen molar-refractivity contribution >= 4 is 0 Å². The summed E-state index contributed by atoms with van der Waals surface area (Å²) in [5, 5.41) is 9.61. The molecule has 0 fully saturated rings. The minimum atomic E-state index is -0.914. The second-order valence-electron chi connectivity index (χ2n) is 5.18. The van der Waals surface area contributed by atoms with Crippen molar-refractivity contribution in [3.63, 3.8) is 0 Å². The molecule has 2 rings (SSSR count). The van der Waals surface area contributed by atoms with Crippen LogP contribution < -0.4 is 10.5 Å². The van der Waals surface area contributed by atoms with E-state index in [4.69, 9.17) is 15.2 Å². The van der Waals surface area contributed by atoms with Gasteiger partial charge in [0.15, 0.2) is 0 Å². The fourth-order valence-corrected chi connectivity index (χ4v) is 1.85. The van der Waals surface area contributed by atoms with Gasteiger partial charge in [-0.15, -0.1) is 0 Å². The molecule has 0 aliphatic carbocycles. The molecular formula is C13H18FNO3. The van der Waals surface area contributed by atoms with Crippen LogP contribution in [0.1, 0.15) is 25.5 Å².